The Morgan fingerprint density at radius 3 is 2.41 bits per heavy atom. The highest BCUT2D eigenvalue weighted by Gasteiger charge is 2.29. The average molecular weight is 295 g/mol. The number of hydrogen-bond acceptors (Lipinski definition) is 2. The van der Waals surface area contributed by atoms with Crippen molar-refractivity contribution in [2.45, 2.75) is 39.2 Å². The van der Waals surface area contributed by atoms with Crippen LogP contribution >= 0.6 is 0 Å². The van der Waals surface area contributed by atoms with E-state index in [1.807, 2.05) is 24.3 Å². The number of carbonyl (C=O) groups excluding carboxylic acids is 1. The molecule has 0 saturated carbocycles. The molecule has 1 N–H and O–H groups in total. The lowest BCUT2D eigenvalue weighted by molar-refractivity contribution is -0.122. The molecule has 2 aromatic rings. The average Bonchev–Trinajstić information content (AvgIpc) is 2.99. The lowest BCUT2D eigenvalue weighted by Gasteiger charge is -2.17. The van der Waals surface area contributed by atoms with Crippen LogP contribution in [0.1, 0.15) is 30.5 Å². The third kappa shape index (κ3) is 2.71. The van der Waals surface area contributed by atoms with E-state index in [0.29, 0.717) is 6.42 Å². The smallest absolute Gasteiger partial charge is 0.265 e. The molecule has 0 unspecified atom stereocenters. The number of ether oxygens (including phenoxy) is 1. The van der Waals surface area contributed by atoms with Crippen molar-refractivity contribution in [3.8, 4) is 5.75 Å². The van der Waals surface area contributed by atoms with Crippen LogP contribution in [0, 0.1) is 0 Å². The van der Waals surface area contributed by atoms with Crippen molar-refractivity contribution in [2.75, 3.05) is 5.32 Å². The number of benzene rings is 2. The summed E-state index contributed by atoms with van der Waals surface area (Å²) < 4.78 is 5.78. The first-order chi connectivity index (χ1) is 10.7. The Labute approximate surface area is 131 Å². The minimum atomic E-state index is -0.438. The molecular formula is C19H21NO2. The van der Waals surface area contributed by atoms with Crippen LogP contribution in [-0.2, 0) is 24.1 Å². The summed E-state index contributed by atoms with van der Waals surface area (Å²) >= 11 is 0. The van der Waals surface area contributed by atoms with E-state index in [0.717, 1.165) is 29.8 Å². The Morgan fingerprint density at radius 2 is 1.77 bits per heavy atom. The molecule has 1 aliphatic heterocycles. The molecule has 1 atom stereocenters. The lowest BCUT2D eigenvalue weighted by atomic mass is 10.0. The van der Waals surface area contributed by atoms with E-state index in [2.05, 4.69) is 37.4 Å². The highest BCUT2D eigenvalue weighted by atomic mass is 16.5. The molecule has 1 aliphatic rings. The molecule has 3 nitrogen and oxygen atoms in total. The standard InChI is InChI=1S/C19H21NO2/c1-3-13-9-7-10-14(4-2)18(13)20-19(21)17-12-15-8-5-6-11-16(15)22-17/h5-11,17H,3-4,12H2,1-2H3,(H,20,21)/t17-/m0/s1. The second-order valence-corrected chi connectivity index (χ2v) is 5.57. The van der Waals surface area contributed by atoms with E-state index in [1.165, 1.54) is 11.1 Å². The number of hydrogen-bond donors (Lipinski definition) is 1. The van der Waals surface area contributed by atoms with Gasteiger partial charge in [-0.1, -0.05) is 50.2 Å². The van der Waals surface area contributed by atoms with E-state index in [4.69, 9.17) is 4.74 Å². The highest BCUT2D eigenvalue weighted by molar-refractivity contribution is 5.96. The second kappa shape index (κ2) is 6.22. The normalized spacial score (nSPS) is 16.0. The maximum absolute atomic E-state index is 12.6. The van der Waals surface area contributed by atoms with Crippen LogP contribution < -0.4 is 10.1 Å². The summed E-state index contributed by atoms with van der Waals surface area (Å²) in [6.45, 7) is 4.21. The van der Waals surface area contributed by atoms with Crippen molar-refractivity contribution in [1.29, 1.82) is 0 Å². The lowest BCUT2D eigenvalue weighted by Crippen LogP contribution is -2.32. The minimum Gasteiger partial charge on any atom is -0.480 e. The van der Waals surface area contributed by atoms with Crippen LogP contribution in [0.25, 0.3) is 0 Å². The molecule has 1 heterocycles. The van der Waals surface area contributed by atoms with Crippen molar-refractivity contribution in [3.63, 3.8) is 0 Å². The Balaban J connectivity index is 1.79. The predicted molar refractivity (Wildman–Crippen MR) is 88.4 cm³/mol. The summed E-state index contributed by atoms with van der Waals surface area (Å²) in [7, 11) is 0. The van der Waals surface area contributed by atoms with Crippen LogP contribution in [0.5, 0.6) is 5.75 Å². The Morgan fingerprint density at radius 1 is 1.09 bits per heavy atom. The highest BCUT2D eigenvalue weighted by Crippen LogP contribution is 2.29. The number of anilines is 1. The minimum absolute atomic E-state index is 0.0631. The molecule has 114 valence electrons. The number of rotatable bonds is 4. The summed E-state index contributed by atoms with van der Waals surface area (Å²) in [6.07, 6.45) is 1.99. The zero-order valence-electron chi connectivity index (χ0n) is 13.1. The Kier molecular flexibility index (Phi) is 4.14. The van der Waals surface area contributed by atoms with E-state index >= 15 is 0 Å². The fourth-order valence-electron chi connectivity index (χ4n) is 2.94. The SMILES string of the molecule is CCc1cccc(CC)c1NC(=O)[C@@H]1Cc2ccccc2O1. The van der Waals surface area contributed by atoms with E-state index in [-0.39, 0.29) is 5.91 Å². The number of fused-ring (bicyclic) bond motifs is 1. The quantitative estimate of drug-likeness (QED) is 0.933. The van der Waals surface area contributed by atoms with Crippen molar-refractivity contribution >= 4 is 11.6 Å². The number of nitrogens with one attached hydrogen (secondary N) is 1. The van der Waals surface area contributed by atoms with Crippen molar-refractivity contribution in [1.82, 2.24) is 0 Å². The third-order valence-corrected chi connectivity index (χ3v) is 4.19. The monoisotopic (exact) mass is 295 g/mol. The van der Waals surface area contributed by atoms with Crippen LogP contribution in [-0.4, -0.2) is 12.0 Å². The molecule has 0 spiro atoms. The number of para-hydroxylation sites is 2. The fourth-order valence-corrected chi connectivity index (χ4v) is 2.94. The van der Waals surface area contributed by atoms with Gasteiger partial charge in [-0.25, -0.2) is 0 Å². The van der Waals surface area contributed by atoms with Gasteiger partial charge < -0.3 is 10.1 Å². The summed E-state index contributed by atoms with van der Waals surface area (Å²) in [6, 6.07) is 14.0. The maximum Gasteiger partial charge on any atom is 0.265 e. The van der Waals surface area contributed by atoms with Gasteiger partial charge in [0.1, 0.15) is 5.75 Å². The van der Waals surface area contributed by atoms with E-state index in [1.54, 1.807) is 0 Å². The van der Waals surface area contributed by atoms with Crippen LogP contribution in [0.3, 0.4) is 0 Å². The van der Waals surface area contributed by atoms with Gasteiger partial charge in [-0.2, -0.15) is 0 Å². The maximum atomic E-state index is 12.6. The zero-order chi connectivity index (χ0) is 15.5. The molecule has 0 aromatic heterocycles. The van der Waals surface area contributed by atoms with Gasteiger partial charge >= 0.3 is 0 Å². The number of aryl methyl sites for hydroxylation is 2. The zero-order valence-corrected chi connectivity index (χ0v) is 13.1. The van der Waals surface area contributed by atoms with Gasteiger partial charge in [-0.3, -0.25) is 4.79 Å². The van der Waals surface area contributed by atoms with Gasteiger partial charge in [0, 0.05) is 12.1 Å². The summed E-state index contributed by atoms with van der Waals surface area (Å²) in [4.78, 5) is 12.6. The van der Waals surface area contributed by atoms with Gasteiger partial charge in [0.15, 0.2) is 6.10 Å². The first-order valence-electron chi connectivity index (χ1n) is 7.89. The molecule has 0 fully saturated rings. The molecule has 0 saturated heterocycles. The van der Waals surface area contributed by atoms with E-state index in [9.17, 15) is 4.79 Å². The molecule has 2 aromatic carbocycles. The molecule has 22 heavy (non-hydrogen) atoms. The van der Waals surface area contributed by atoms with Gasteiger partial charge in [0.05, 0.1) is 0 Å². The Bertz CT molecular complexity index is 646. The first kappa shape index (κ1) is 14.6. The topological polar surface area (TPSA) is 38.3 Å². The van der Waals surface area contributed by atoms with Crippen molar-refractivity contribution in [2.24, 2.45) is 0 Å². The second-order valence-electron chi connectivity index (χ2n) is 5.57. The Hall–Kier alpha value is -2.29. The molecule has 3 heteroatoms. The van der Waals surface area contributed by atoms with Gasteiger partial charge in [0.25, 0.3) is 5.91 Å². The summed E-state index contributed by atoms with van der Waals surface area (Å²) in [5.74, 6) is 0.758. The predicted octanol–water partition coefficient (Wildman–Crippen LogP) is 3.75. The molecule has 0 radical (unpaired) electrons. The van der Waals surface area contributed by atoms with E-state index < -0.39 is 6.10 Å². The largest absolute Gasteiger partial charge is 0.480 e. The van der Waals surface area contributed by atoms with Gasteiger partial charge in [0.2, 0.25) is 0 Å². The summed E-state index contributed by atoms with van der Waals surface area (Å²) in [5.41, 5.74) is 4.39. The van der Waals surface area contributed by atoms with Crippen molar-refractivity contribution in [3.05, 3.63) is 59.2 Å². The van der Waals surface area contributed by atoms with Crippen LogP contribution in [0.2, 0.25) is 0 Å². The molecular weight excluding hydrogens is 274 g/mol. The molecule has 3 rings (SSSR count). The van der Waals surface area contributed by atoms with Gasteiger partial charge in [-0.05, 0) is 35.6 Å². The molecule has 0 aliphatic carbocycles. The third-order valence-electron chi connectivity index (χ3n) is 4.19. The fraction of sp³-hybridized carbons (Fsp3) is 0.316. The molecule has 0 bridgehead atoms. The van der Waals surface area contributed by atoms with Gasteiger partial charge in [-0.15, -0.1) is 0 Å². The molecule has 1 amide bonds. The first-order valence-corrected chi connectivity index (χ1v) is 7.89. The number of amides is 1. The van der Waals surface area contributed by atoms with Crippen LogP contribution in [0.15, 0.2) is 42.5 Å². The van der Waals surface area contributed by atoms with Crippen molar-refractivity contribution < 1.29 is 9.53 Å². The van der Waals surface area contributed by atoms with Crippen LogP contribution in [0.4, 0.5) is 5.69 Å². The number of carbonyl (C=O) groups is 1. The summed E-state index contributed by atoms with van der Waals surface area (Å²) in [5, 5.41) is 3.09.